The zero-order chi connectivity index (χ0) is 19.1. The number of hydrogen-bond acceptors (Lipinski definition) is 4. The Hall–Kier alpha value is -1.96. The van der Waals surface area contributed by atoms with E-state index in [-0.39, 0.29) is 23.3 Å². The molecule has 0 bridgehead atoms. The van der Waals surface area contributed by atoms with Crippen molar-refractivity contribution < 1.29 is 27.5 Å². The monoisotopic (exact) mass is 383 g/mol. The van der Waals surface area contributed by atoms with Crippen LogP contribution in [-0.2, 0) is 19.4 Å². The number of hydrogen-bond donors (Lipinski definition) is 1. The number of carboxylic acid groups (broad SMARTS) is 1. The Bertz CT molecular complexity index is 822. The number of carbonyl (C=O) groups is 2. The number of nitrogens with zero attached hydrogens (tertiary/aromatic N) is 1. The predicted octanol–water partition coefficient (Wildman–Crippen LogP) is 1.95. The second-order valence-corrected chi connectivity index (χ2v) is 9.44. The zero-order valence-corrected chi connectivity index (χ0v) is 15.3. The fourth-order valence-electron chi connectivity index (χ4n) is 4.26. The molecule has 3 rings (SSSR count). The van der Waals surface area contributed by atoms with Crippen molar-refractivity contribution in [2.24, 2.45) is 17.3 Å². The molecule has 1 amide bonds. The molecule has 1 heterocycles. The van der Waals surface area contributed by atoms with Gasteiger partial charge in [0.1, 0.15) is 5.82 Å². The molecule has 0 aromatic heterocycles. The van der Waals surface area contributed by atoms with Crippen LogP contribution in [0.3, 0.4) is 0 Å². The van der Waals surface area contributed by atoms with E-state index in [1.165, 1.54) is 24.0 Å². The van der Waals surface area contributed by atoms with Gasteiger partial charge in [0.2, 0.25) is 5.91 Å². The summed E-state index contributed by atoms with van der Waals surface area (Å²) in [6, 6.07) is 4.50. The Morgan fingerprint density at radius 1 is 1.35 bits per heavy atom. The lowest BCUT2D eigenvalue weighted by molar-refractivity contribution is -0.149. The van der Waals surface area contributed by atoms with Crippen molar-refractivity contribution in [3.05, 3.63) is 30.1 Å². The number of halogens is 1. The van der Waals surface area contributed by atoms with Gasteiger partial charge >= 0.3 is 5.97 Å². The van der Waals surface area contributed by atoms with Gasteiger partial charge in [-0.05, 0) is 43.0 Å². The summed E-state index contributed by atoms with van der Waals surface area (Å²) in [5.74, 6) is -3.00. The van der Waals surface area contributed by atoms with Gasteiger partial charge in [-0.3, -0.25) is 9.59 Å². The number of aliphatic carboxylic acids is 1. The smallest absolute Gasteiger partial charge is 0.311 e. The molecule has 1 aromatic carbocycles. The van der Waals surface area contributed by atoms with Crippen LogP contribution in [0.25, 0.3) is 0 Å². The minimum absolute atomic E-state index is 0.0288. The highest BCUT2D eigenvalue weighted by molar-refractivity contribution is 7.91. The average Bonchev–Trinajstić information content (AvgIpc) is 3.12. The second kappa shape index (κ2) is 6.64. The first-order valence-electron chi connectivity index (χ1n) is 8.66. The Balaban J connectivity index is 1.71. The number of benzene rings is 1. The van der Waals surface area contributed by atoms with E-state index < -0.39 is 38.7 Å². The quantitative estimate of drug-likeness (QED) is 0.785. The molecule has 1 N–H and O–H groups in total. The Kier molecular flexibility index (Phi) is 4.81. The standard InChI is InChI=1S/C18H22FNO5S/c1-12(10-26(24,25)15-6-4-14(19)5-7-15)16(21)20-9-13-3-2-8-18(13,11-20)17(22)23/h4-7,12-13H,2-3,8-11H2,1H3,(H,22,23)/t12?,13-,18+/m0/s1. The SMILES string of the molecule is CC(CS(=O)(=O)c1ccc(F)cc1)C(=O)N1C[C@@H]2CCC[C@@]2(C(=O)O)C1. The summed E-state index contributed by atoms with van der Waals surface area (Å²) in [7, 11) is -3.73. The molecule has 8 heteroatoms. The van der Waals surface area contributed by atoms with Crippen molar-refractivity contribution in [2.45, 2.75) is 31.1 Å². The molecule has 1 aromatic rings. The first kappa shape index (κ1) is 18.8. The summed E-state index contributed by atoms with van der Waals surface area (Å²) in [5.41, 5.74) is -0.884. The number of fused-ring (bicyclic) bond motifs is 1. The lowest BCUT2D eigenvalue weighted by Gasteiger charge is -2.24. The Morgan fingerprint density at radius 2 is 2.00 bits per heavy atom. The largest absolute Gasteiger partial charge is 0.481 e. The van der Waals surface area contributed by atoms with Crippen LogP contribution in [0.15, 0.2) is 29.2 Å². The molecule has 3 atom stereocenters. The van der Waals surface area contributed by atoms with Crippen molar-refractivity contribution in [3.8, 4) is 0 Å². The van der Waals surface area contributed by atoms with Crippen LogP contribution in [0.1, 0.15) is 26.2 Å². The lowest BCUT2D eigenvalue weighted by atomic mass is 9.81. The highest BCUT2D eigenvalue weighted by Gasteiger charge is 2.56. The molecular formula is C18H22FNO5S. The van der Waals surface area contributed by atoms with Crippen molar-refractivity contribution in [3.63, 3.8) is 0 Å². The van der Waals surface area contributed by atoms with Crippen LogP contribution in [0.5, 0.6) is 0 Å². The summed E-state index contributed by atoms with van der Waals surface area (Å²) in [5, 5.41) is 9.61. The predicted molar refractivity (Wildman–Crippen MR) is 91.6 cm³/mol. The number of carbonyl (C=O) groups excluding carboxylic acids is 1. The molecule has 2 aliphatic rings. The molecule has 26 heavy (non-hydrogen) atoms. The van der Waals surface area contributed by atoms with Gasteiger partial charge in [-0.15, -0.1) is 0 Å². The van der Waals surface area contributed by atoms with E-state index in [1.807, 2.05) is 0 Å². The maximum Gasteiger partial charge on any atom is 0.311 e. The van der Waals surface area contributed by atoms with E-state index in [0.717, 1.165) is 25.0 Å². The molecule has 6 nitrogen and oxygen atoms in total. The average molecular weight is 383 g/mol. The topological polar surface area (TPSA) is 91.8 Å². The van der Waals surface area contributed by atoms with Crippen LogP contribution in [0.2, 0.25) is 0 Å². The molecule has 142 valence electrons. The molecular weight excluding hydrogens is 361 g/mol. The van der Waals surface area contributed by atoms with E-state index in [4.69, 9.17) is 0 Å². The van der Waals surface area contributed by atoms with Gasteiger partial charge in [0, 0.05) is 19.0 Å². The van der Waals surface area contributed by atoms with Crippen LogP contribution in [0.4, 0.5) is 4.39 Å². The first-order chi connectivity index (χ1) is 12.2. The Labute approximate surface area is 151 Å². The molecule has 1 unspecified atom stereocenters. The summed E-state index contributed by atoms with van der Waals surface area (Å²) < 4.78 is 37.9. The molecule has 0 spiro atoms. The Morgan fingerprint density at radius 3 is 2.58 bits per heavy atom. The fourth-order valence-corrected chi connectivity index (χ4v) is 5.80. The number of amides is 1. The van der Waals surface area contributed by atoms with Gasteiger partial charge in [-0.2, -0.15) is 0 Å². The third-order valence-electron chi connectivity index (χ3n) is 5.67. The summed E-state index contributed by atoms with van der Waals surface area (Å²) in [6.07, 6.45) is 2.17. The van der Waals surface area contributed by atoms with Crippen molar-refractivity contribution in [1.82, 2.24) is 4.90 Å². The molecule has 1 saturated carbocycles. The number of sulfone groups is 1. The normalized spacial score (nSPS) is 26.5. The summed E-state index contributed by atoms with van der Waals surface area (Å²) in [4.78, 5) is 25.9. The maximum absolute atomic E-state index is 13.0. The van der Waals surface area contributed by atoms with Crippen LogP contribution in [0, 0.1) is 23.1 Å². The summed E-state index contributed by atoms with van der Waals surface area (Å²) in [6.45, 7) is 2.05. The van der Waals surface area contributed by atoms with Crippen molar-refractivity contribution in [1.29, 1.82) is 0 Å². The highest BCUT2D eigenvalue weighted by Crippen LogP contribution is 2.49. The van der Waals surface area contributed by atoms with Crippen LogP contribution in [-0.4, -0.2) is 49.1 Å². The minimum Gasteiger partial charge on any atom is -0.481 e. The van der Waals surface area contributed by atoms with Gasteiger partial charge in [-0.1, -0.05) is 13.3 Å². The van der Waals surface area contributed by atoms with E-state index >= 15 is 0 Å². The minimum atomic E-state index is -3.73. The lowest BCUT2D eigenvalue weighted by Crippen LogP contribution is -2.40. The number of likely N-dealkylation sites (tertiary alicyclic amines) is 1. The zero-order valence-electron chi connectivity index (χ0n) is 14.5. The van der Waals surface area contributed by atoms with E-state index in [1.54, 1.807) is 0 Å². The van der Waals surface area contributed by atoms with Gasteiger partial charge in [0.05, 0.1) is 16.1 Å². The molecule has 1 aliphatic heterocycles. The highest BCUT2D eigenvalue weighted by atomic mass is 32.2. The van der Waals surface area contributed by atoms with Crippen molar-refractivity contribution in [2.75, 3.05) is 18.8 Å². The maximum atomic E-state index is 13.0. The van der Waals surface area contributed by atoms with Crippen LogP contribution >= 0.6 is 0 Å². The van der Waals surface area contributed by atoms with E-state index in [2.05, 4.69) is 0 Å². The molecule has 0 radical (unpaired) electrons. The second-order valence-electron chi connectivity index (χ2n) is 7.41. The molecule has 1 saturated heterocycles. The third-order valence-corrected chi connectivity index (χ3v) is 7.60. The van der Waals surface area contributed by atoms with Gasteiger partial charge in [0.25, 0.3) is 0 Å². The summed E-state index contributed by atoms with van der Waals surface area (Å²) >= 11 is 0. The number of carboxylic acids is 1. The molecule has 1 aliphatic carbocycles. The first-order valence-corrected chi connectivity index (χ1v) is 10.3. The molecule has 2 fully saturated rings. The number of rotatable bonds is 5. The third kappa shape index (κ3) is 3.22. The van der Waals surface area contributed by atoms with Crippen molar-refractivity contribution >= 4 is 21.7 Å². The van der Waals surface area contributed by atoms with Gasteiger partial charge in [0.15, 0.2) is 9.84 Å². The van der Waals surface area contributed by atoms with Gasteiger partial charge in [-0.25, -0.2) is 12.8 Å². The van der Waals surface area contributed by atoms with E-state index in [9.17, 15) is 27.5 Å². The van der Waals surface area contributed by atoms with Crippen LogP contribution < -0.4 is 0 Å². The van der Waals surface area contributed by atoms with Gasteiger partial charge < -0.3 is 10.0 Å². The fraction of sp³-hybridized carbons (Fsp3) is 0.556. The van der Waals surface area contributed by atoms with E-state index in [0.29, 0.717) is 13.0 Å².